The predicted molar refractivity (Wildman–Crippen MR) is 98.1 cm³/mol. The Morgan fingerprint density at radius 1 is 1.30 bits per heavy atom. The van der Waals surface area contributed by atoms with Crippen molar-refractivity contribution in [1.29, 1.82) is 0 Å². The number of aliphatic imine (C=N–C) groups is 1. The van der Waals surface area contributed by atoms with Gasteiger partial charge in [0.15, 0.2) is 5.96 Å². The van der Waals surface area contributed by atoms with Crippen molar-refractivity contribution in [3.05, 3.63) is 42.5 Å². The third kappa shape index (κ3) is 7.70. The number of hydrogen-bond acceptors (Lipinski definition) is 3. The van der Waals surface area contributed by atoms with E-state index in [2.05, 4.69) is 48.0 Å². The first kappa shape index (κ1) is 19.0. The number of benzene rings is 1. The van der Waals surface area contributed by atoms with Gasteiger partial charge in [-0.2, -0.15) is 0 Å². The van der Waals surface area contributed by atoms with Gasteiger partial charge in [0.1, 0.15) is 12.4 Å². The maximum atomic E-state index is 5.67. The molecule has 2 N–H and O–H groups in total. The van der Waals surface area contributed by atoms with Crippen molar-refractivity contribution in [3.63, 3.8) is 0 Å². The average molecular weight is 318 g/mol. The smallest absolute Gasteiger partial charge is 0.191 e. The first-order chi connectivity index (χ1) is 11.2. The molecule has 0 spiro atoms. The Balaban J connectivity index is 2.64. The Morgan fingerprint density at radius 3 is 2.78 bits per heavy atom. The lowest BCUT2D eigenvalue weighted by Crippen LogP contribution is -2.40. The lowest BCUT2D eigenvalue weighted by atomic mass is 10.2. The van der Waals surface area contributed by atoms with Gasteiger partial charge in [-0.1, -0.05) is 37.8 Å². The number of para-hydroxylation sites is 1. The second-order valence-electron chi connectivity index (χ2n) is 5.23. The molecule has 128 valence electrons. The van der Waals surface area contributed by atoms with Gasteiger partial charge < -0.3 is 20.3 Å². The molecule has 0 heterocycles. The highest BCUT2D eigenvalue weighted by atomic mass is 16.5. The van der Waals surface area contributed by atoms with Gasteiger partial charge in [-0.3, -0.25) is 0 Å². The van der Waals surface area contributed by atoms with Gasteiger partial charge in [-0.15, -0.1) is 0 Å². The Labute approximate surface area is 140 Å². The highest BCUT2D eigenvalue weighted by Crippen LogP contribution is 2.18. The van der Waals surface area contributed by atoms with Gasteiger partial charge in [0.2, 0.25) is 0 Å². The van der Waals surface area contributed by atoms with E-state index in [1.54, 1.807) is 6.08 Å². The normalized spacial score (nSPS) is 11.4. The van der Waals surface area contributed by atoms with Crippen LogP contribution in [0, 0.1) is 0 Å². The maximum absolute atomic E-state index is 5.67. The van der Waals surface area contributed by atoms with Crippen LogP contribution in [0.3, 0.4) is 0 Å². The highest BCUT2D eigenvalue weighted by molar-refractivity contribution is 5.79. The van der Waals surface area contributed by atoms with E-state index in [1.807, 2.05) is 24.3 Å². The van der Waals surface area contributed by atoms with Crippen LogP contribution in [0.5, 0.6) is 5.75 Å². The highest BCUT2D eigenvalue weighted by Gasteiger charge is 2.03. The molecule has 0 aromatic heterocycles. The first-order valence-electron chi connectivity index (χ1n) is 8.23. The summed E-state index contributed by atoms with van der Waals surface area (Å²) in [5, 5.41) is 6.63. The standard InChI is InChI=1S/C18H30N4O/c1-5-14-23-17-11-9-8-10-16(17)15-21-18(19-6-2)20-12-13-22(4)7-3/h5,8-11H,1,6-7,12-15H2,2-4H3,(H2,19,20,21). The van der Waals surface area contributed by atoms with Gasteiger partial charge in [0, 0.05) is 25.2 Å². The van der Waals surface area contributed by atoms with Crippen molar-refractivity contribution in [2.75, 3.05) is 39.8 Å². The quantitative estimate of drug-likeness (QED) is 0.395. The number of nitrogens with one attached hydrogen (secondary N) is 2. The molecule has 5 nitrogen and oxygen atoms in total. The fourth-order valence-corrected chi connectivity index (χ4v) is 1.95. The van der Waals surface area contributed by atoms with E-state index in [0.717, 1.165) is 43.5 Å². The molecule has 0 saturated carbocycles. The van der Waals surface area contributed by atoms with Crippen molar-refractivity contribution < 1.29 is 4.74 Å². The zero-order valence-corrected chi connectivity index (χ0v) is 14.6. The molecule has 5 heteroatoms. The maximum Gasteiger partial charge on any atom is 0.191 e. The van der Waals surface area contributed by atoms with Crippen LogP contribution in [0.1, 0.15) is 19.4 Å². The second kappa shape index (κ2) is 11.5. The van der Waals surface area contributed by atoms with Crippen molar-refractivity contribution in [2.24, 2.45) is 4.99 Å². The molecule has 0 aliphatic heterocycles. The minimum absolute atomic E-state index is 0.502. The minimum Gasteiger partial charge on any atom is -0.489 e. The molecule has 0 atom stereocenters. The summed E-state index contributed by atoms with van der Waals surface area (Å²) in [6, 6.07) is 7.97. The van der Waals surface area contributed by atoms with Crippen LogP contribution in [0.4, 0.5) is 0 Å². The summed E-state index contributed by atoms with van der Waals surface area (Å²) < 4.78 is 5.67. The molecule has 1 aromatic carbocycles. The minimum atomic E-state index is 0.502. The predicted octanol–water partition coefficient (Wildman–Crippen LogP) is 2.26. The van der Waals surface area contributed by atoms with Gasteiger partial charge >= 0.3 is 0 Å². The van der Waals surface area contributed by atoms with Gasteiger partial charge in [0.05, 0.1) is 6.54 Å². The first-order valence-corrected chi connectivity index (χ1v) is 8.23. The van der Waals surface area contributed by atoms with E-state index < -0.39 is 0 Å². The summed E-state index contributed by atoms with van der Waals surface area (Å²) in [5.74, 6) is 1.69. The SMILES string of the molecule is C=CCOc1ccccc1CN=C(NCC)NCCN(C)CC. The summed E-state index contributed by atoms with van der Waals surface area (Å²) in [7, 11) is 2.11. The van der Waals surface area contributed by atoms with Crippen LogP contribution in [0.15, 0.2) is 41.9 Å². The largest absolute Gasteiger partial charge is 0.489 e. The summed E-state index contributed by atoms with van der Waals surface area (Å²) in [4.78, 5) is 6.90. The van der Waals surface area contributed by atoms with E-state index in [9.17, 15) is 0 Å². The molecule has 0 unspecified atom stereocenters. The van der Waals surface area contributed by atoms with Crippen molar-refractivity contribution in [1.82, 2.24) is 15.5 Å². The Hall–Kier alpha value is -2.01. The Morgan fingerprint density at radius 2 is 2.09 bits per heavy atom. The molecule has 0 fully saturated rings. The fraction of sp³-hybridized carbons (Fsp3) is 0.500. The van der Waals surface area contributed by atoms with Crippen LogP contribution in [0.2, 0.25) is 0 Å². The Kier molecular flexibility index (Phi) is 9.55. The number of likely N-dealkylation sites (N-methyl/N-ethyl adjacent to an activating group) is 1. The summed E-state index contributed by atoms with van der Waals surface area (Å²) >= 11 is 0. The Bertz CT molecular complexity index is 488. The molecule has 0 amide bonds. The topological polar surface area (TPSA) is 48.9 Å². The van der Waals surface area contributed by atoms with Crippen LogP contribution in [-0.4, -0.2) is 50.7 Å². The molecule has 0 radical (unpaired) electrons. The van der Waals surface area contributed by atoms with E-state index in [-0.39, 0.29) is 0 Å². The monoisotopic (exact) mass is 318 g/mol. The van der Waals surface area contributed by atoms with Crippen molar-refractivity contribution in [3.8, 4) is 5.75 Å². The summed E-state index contributed by atoms with van der Waals surface area (Å²) in [6.07, 6.45) is 1.75. The fourth-order valence-electron chi connectivity index (χ4n) is 1.95. The number of nitrogens with zero attached hydrogens (tertiary/aromatic N) is 2. The molecular formula is C18H30N4O. The number of guanidine groups is 1. The van der Waals surface area contributed by atoms with E-state index >= 15 is 0 Å². The lowest BCUT2D eigenvalue weighted by molar-refractivity contribution is 0.357. The zero-order valence-electron chi connectivity index (χ0n) is 14.6. The number of ether oxygens (including phenoxy) is 1. The molecule has 23 heavy (non-hydrogen) atoms. The molecular weight excluding hydrogens is 288 g/mol. The molecule has 0 bridgehead atoms. The van der Waals surface area contributed by atoms with Crippen LogP contribution >= 0.6 is 0 Å². The molecule has 1 rings (SSSR count). The molecule has 0 aliphatic rings. The zero-order chi connectivity index (χ0) is 16.9. The van der Waals surface area contributed by atoms with Crippen LogP contribution < -0.4 is 15.4 Å². The van der Waals surface area contributed by atoms with E-state index in [0.29, 0.717) is 13.2 Å². The van der Waals surface area contributed by atoms with Crippen molar-refractivity contribution in [2.45, 2.75) is 20.4 Å². The summed E-state index contributed by atoms with van der Waals surface area (Å²) in [5.41, 5.74) is 1.07. The number of hydrogen-bond donors (Lipinski definition) is 2. The molecule has 1 aromatic rings. The van der Waals surface area contributed by atoms with Crippen LogP contribution in [0.25, 0.3) is 0 Å². The third-order valence-corrected chi connectivity index (χ3v) is 3.41. The van der Waals surface area contributed by atoms with Gasteiger partial charge in [-0.05, 0) is 26.6 Å². The van der Waals surface area contributed by atoms with Crippen molar-refractivity contribution >= 4 is 5.96 Å². The van der Waals surface area contributed by atoms with Crippen LogP contribution in [-0.2, 0) is 6.54 Å². The third-order valence-electron chi connectivity index (χ3n) is 3.41. The second-order valence-corrected chi connectivity index (χ2v) is 5.23. The average Bonchev–Trinajstić information content (AvgIpc) is 2.58. The molecule has 0 saturated heterocycles. The van der Waals surface area contributed by atoms with E-state index in [4.69, 9.17) is 4.74 Å². The van der Waals surface area contributed by atoms with Gasteiger partial charge in [0.25, 0.3) is 0 Å². The lowest BCUT2D eigenvalue weighted by Gasteiger charge is -2.16. The number of rotatable bonds is 10. The van der Waals surface area contributed by atoms with Gasteiger partial charge in [-0.25, -0.2) is 4.99 Å². The van der Waals surface area contributed by atoms with E-state index in [1.165, 1.54) is 0 Å². The summed E-state index contributed by atoms with van der Waals surface area (Å²) in [6.45, 7) is 12.7. The molecule has 0 aliphatic carbocycles.